The van der Waals surface area contributed by atoms with E-state index in [9.17, 15) is 4.79 Å². The van der Waals surface area contributed by atoms with Gasteiger partial charge in [-0.25, -0.2) is 0 Å². The Morgan fingerprint density at radius 3 is 2.18 bits per heavy atom. The van der Waals surface area contributed by atoms with Gasteiger partial charge in [-0.15, -0.1) is 24.8 Å². The zero-order valence-electron chi connectivity index (χ0n) is 10.3. The number of amides is 1. The quantitative estimate of drug-likeness (QED) is 0.831. The van der Waals surface area contributed by atoms with Crippen molar-refractivity contribution in [1.29, 1.82) is 0 Å². The van der Waals surface area contributed by atoms with Crippen molar-refractivity contribution in [2.24, 2.45) is 11.7 Å². The van der Waals surface area contributed by atoms with E-state index in [2.05, 4.69) is 4.90 Å². The summed E-state index contributed by atoms with van der Waals surface area (Å²) < 4.78 is 0. The fourth-order valence-corrected chi connectivity index (χ4v) is 2.10. The Labute approximate surface area is 116 Å². The number of piperazine rings is 1. The highest BCUT2D eigenvalue weighted by molar-refractivity contribution is 5.85. The summed E-state index contributed by atoms with van der Waals surface area (Å²) in [5, 5.41) is 0. The van der Waals surface area contributed by atoms with Crippen molar-refractivity contribution in [3.05, 3.63) is 0 Å². The summed E-state index contributed by atoms with van der Waals surface area (Å²) in [5.41, 5.74) is 5.59. The summed E-state index contributed by atoms with van der Waals surface area (Å²) in [6, 6.07) is -0.347. The topological polar surface area (TPSA) is 49.6 Å². The molecule has 0 aromatic rings. The van der Waals surface area contributed by atoms with Crippen molar-refractivity contribution in [2.75, 3.05) is 32.7 Å². The highest BCUT2D eigenvalue weighted by Gasteiger charge is 2.28. The van der Waals surface area contributed by atoms with E-state index >= 15 is 0 Å². The van der Waals surface area contributed by atoms with Gasteiger partial charge < -0.3 is 10.6 Å². The predicted molar refractivity (Wildman–Crippen MR) is 73.9 cm³/mol. The third kappa shape index (κ3) is 5.00. The van der Waals surface area contributed by atoms with Crippen LogP contribution >= 0.6 is 24.8 Å². The summed E-state index contributed by atoms with van der Waals surface area (Å²) in [6.45, 7) is 6.75. The molecule has 1 aliphatic carbocycles. The number of hydrogen-bond donors (Lipinski definition) is 1. The van der Waals surface area contributed by atoms with Gasteiger partial charge in [0.05, 0.1) is 6.04 Å². The first kappa shape index (κ1) is 17.0. The van der Waals surface area contributed by atoms with Gasteiger partial charge in [-0.3, -0.25) is 9.69 Å². The van der Waals surface area contributed by atoms with Crippen LogP contribution in [0.1, 0.15) is 19.8 Å². The molecule has 2 aliphatic rings. The molecule has 0 unspecified atom stereocenters. The smallest absolute Gasteiger partial charge is 0.239 e. The summed E-state index contributed by atoms with van der Waals surface area (Å²) in [4.78, 5) is 16.0. The molecular formula is C11H23Cl2N3O. The second-order valence-electron chi connectivity index (χ2n) is 4.86. The minimum absolute atomic E-state index is 0. The van der Waals surface area contributed by atoms with Crippen LogP contribution in [0.25, 0.3) is 0 Å². The van der Waals surface area contributed by atoms with Crippen LogP contribution in [0.4, 0.5) is 0 Å². The van der Waals surface area contributed by atoms with Crippen molar-refractivity contribution in [1.82, 2.24) is 9.80 Å². The van der Waals surface area contributed by atoms with Crippen LogP contribution < -0.4 is 5.73 Å². The lowest BCUT2D eigenvalue weighted by atomic mass is 10.2. The van der Waals surface area contributed by atoms with E-state index in [0.717, 1.165) is 32.1 Å². The molecule has 2 rings (SSSR count). The minimum atomic E-state index is -0.347. The molecule has 1 atom stereocenters. The zero-order chi connectivity index (χ0) is 10.8. The first-order valence-electron chi connectivity index (χ1n) is 5.93. The molecule has 1 heterocycles. The van der Waals surface area contributed by atoms with E-state index in [1.807, 2.05) is 4.90 Å². The molecule has 0 radical (unpaired) electrons. The largest absolute Gasteiger partial charge is 0.339 e. The maximum atomic E-state index is 11.6. The maximum absolute atomic E-state index is 11.6. The fourth-order valence-electron chi connectivity index (χ4n) is 2.10. The third-order valence-electron chi connectivity index (χ3n) is 3.29. The normalized spacial score (nSPS) is 22.4. The lowest BCUT2D eigenvalue weighted by molar-refractivity contribution is -0.133. The first-order chi connectivity index (χ1) is 7.16. The SMILES string of the molecule is C[C@H](N)C(=O)N1CCN(CC2CC2)CC1.Cl.Cl. The molecule has 0 aromatic heterocycles. The number of nitrogens with two attached hydrogens (primary N) is 1. The Morgan fingerprint density at radius 2 is 1.76 bits per heavy atom. The van der Waals surface area contributed by atoms with E-state index in [0.29, 0.717) is 0 Å². The first-order valence-corrected chi connectivity index (χ1v) is 5.93. The van der Waals surface area contributed by atoms with Crippen molar-refractivity contribution in [3.8, 4) is 0 Å². The summed E-state index contributed by atoms with van der Waals surface area (Å²) >= 11 is 0. The van der Waals surface area contributed by atoms with Gasteiger partial charge in [-0.2, -0.15) is 0 Å². The molecule has 2 N–H and O–H groups in total. The monoisotopic (exact) mass is 283 g/mol. The average Bonchev–Trinajstić information content (AvgIpc) is 3.02. The van der Waals surface area contributed by atoms with Crippen LogP contribution in [0.5, 0.6) is 0 Å². The number of hydrogen-bond acceptors (Lipinski definition) is 3. The van der Waals surface area contributed by atoms with E-state index in [-0.39, 0.29) is 36.8 Å². The third-order valence-corrected chi connectivity index (χ3v) is 3.29. The molecule has 4 nitrogen and oxygen atoms in total. The second-order valence-corrected chi connectivity index (χ2v) is 4.86. The lowest BCUT2D eigenvalue weighted by Crippen LogP contribution is -2.52. The average molecular weight is 284 g/mol. The van der Waals surface area contributed by atoms with Gasteiger partial charge in [-0.05, 0) is 25.7 Å². The van der Waals surface area contributed by atoms with E-state index in [1.54, 1.807) is 6.92 Å². The maximum Gasteiger partial charge on any atom is 0.239 e. The van der Waals surface area contributed by atoms with Gasteiger partial charge >= 0.3 is 0 Å². The van der Waals surface area contributed by atoms with E-state index in [1.165, 1.54) is 19.4 Å². The van der Waals surface area contributed by atoms with Crippen LogP contribution in [-0.2, 0) is 4.79 Å². The highest BCUT2D eigenvalue weighted by Crippen LogP contribution is 2.29. The minimum Gasteiger partial charge on any atom is -0.339 e. The van der Waals surface area contributed by atoms with E-state index in [4.69, 9.17) is 5.73 Å². The number of halogens is 2. The number of carbonyl (C=O) groups excluding carboxylic acids is 1. The molecule has 102 valence electrons. The Hall–Kier alpha value is -0.0300. The van der Waals surface area contributed by atoms with Crippen LogP contribution in [0.15, 0.2) is 0 Å². The van der Waals surface area contributed by atoms with Gasteiger partial charge in [0, 0.05) is 32.7 Å². The molecule has 0 bridgehead atoms. The Kier molecular flexibility index (Phi) is 7.40. The van der Waals surface area contributed by atoms with Crippen molar-refractivity contribution < 1.29 is 4.79 Å². The molecule has 0 spiro atoms. The second kappa shape index (κ2) is 7.41. The molecule has 1 amide bonds. The fraction of sp³-hybridized carbons (Fsp3) is 0.909. The lowest BCUT2D eigenvalue weighted by Gasteiger charge is -2.35. The standard InChI is InChI=1S/C11H21N3O.2ClH/c1-9(12)11(15)14-6-4-13(5-7-14)8-10-2-3-10;;/h9-10H,2-8,12H2,1H3;2*1H/t9-;;/m0../s1. The molecule has 17 heavy (non-hydrogen) atoms. The van der Waals surface area contributed by atoms with Gasteiger partial charge in [0.25, 0.3) is 0 Å². The van der Waals surface area contributed by atoms with Crippen LogP contribution in [-0.4, -0.2) is 54.5 Å². The van der Waals surface area contributed by atoms with Crippen molar-refractivity contribution in [2.45, 2.75) is 25.8 Å². The summed E-state index contributed by atoms with van der Waals surface area (Å²) in [6.07, 6.45) is 2.80. The molecule has 2 fully saturated rings. The number of carbonyl (C=O) groups is 1. The molecular weight excluding hydrogens is 261 g/mol. The van der Waals surface area contributed by atoms with Gasteiger partial charge in [-0.1, -0.05) is 0 Å². The van der Waals surface area contributed by atoms with Crippen LogP contribution in [0.3, 0.4) is 0 Å². The molecule has 0 aromatic carbocycles. The highest BCUT2D eigenvalue weighted by atomic mass is 35.5. The molecule has 1 saturated heterocycles. The molecule has 1 saturated carbocycles. The zero-order valence-corrected chi connectivity index (χ0v) is 11.9. The van der Waals surface area contributed by atoms with Gasteiger partial charge in [0.2, 0.25) is 5.91 Å². The van der Waals surface area contributed by atoms with Gasteiger partial charge in [0.1, 0.15) is 0 Å². The predicted octanol–water partition coefficient (Wildman–Crippen LogP) is 0.731. The molecule has 6 heteroatoms. The van der Waals surface area contributed by atoms with Crippen molar-refractivity contribution >= 4 is 30.7 Å². The summed E-state index contributed by atoms with van der Waals surface area (Å²) in [5.74, 6) is 1.04. The Bertz CT molecular complexity index is 239. The molecule has 1 aliphatic heterocycles. The van der Waals surface area contributed by atoms with E-state index < -0.39 is 0 Å². The Morgan fingerprint density at radius 1 is 1.24 bits per heavy atom. The van der Waals surface area contributed by atoms with Crippen LogP contribution in [0, 0.1) is 5.92 Å². The van der Waals surface area contributed by atoms with Crippen LogP contribution in [0.2, 0.25) is 0 Å². The Balaban J connectivity index is 0.00000128. The summed E-state index contributed by atoms with van der Waals surface area (Å²) in [7, 11) is 0. The van der Waals surface area contributed by atoms with Crippen molar-refractivity contribution in [3.63, 3.8) is 0 Å². The number of nitrogens with zero attached hydrogens (tertiary/aromatic N) is 2. The number of rotatable bonds is 3. The van der Waals surface area contributed by atoms with Gasteiger partial charge in [0.15, 0.2) is 0 Å².